The lowest BCUT2D eigenvalue weighted by molar-refractivity contribution is -0.143. The smallest absolute Gasteiger partial charge is 0.242 e. The largest absolute Gasteiger partial charge is 0.375 e. The lowest BCUT2D eigenvalue weighted by atomic mass is 9.92. The number of rotatable bonds is 3. The predicted molar refractivity (Wildman–Crippen MR) is 73.7 cm³/mol. The van der Waals surface area contributed by atoms with Crippen molar-refractivity contribution >= 4 is 11.8 Å². The van der Waals surface area contributed by atoms with Crippen LogP contribution in [0.2, 0.25) is 0 Å². The number of carbonyl (C=O) groups excluding carboxylic acids is 2. The molecule has 0 aromatic carbocycles. The molecule has 1 aliphatic heterocycles. The number of nitrogens with one attached hydrogen (secondary N) is 1. The Labute approximate surface area is 115 Å². The van der Waals surface area contributed by atoms with Crippen LogP contribution in [0.25, 0.3) is 0 Å². The Balaban J connectivity index is 2.40. The lowest BCUT2D eigenvalue weighted by Gasteiger charge is -2.36. The van der Waals surface area contributed by atoms with Crippen LogP contribution < -0.4 is 5.32 Å². The molecule has 1 heterocycles. The van der Waals surface area contributed by atoms with E-state index in [1.807, 2.05) is 34.6 Å². The Kier molecular flexibility index (Phi) is 5.35. The maximum atomic E-state index is 12.1. The first-order valence-corrected chi connectivity index (χ1v) is 6.87. The minimum atomic E-state index is -0.0742. The summed E-state index contributed by atoms with van der Waals surface area (Å²) in [5.41, 5.74) is -0.0616. The summed E-state index contributed by atoms with van der Waals surface area (Å²) in [6, 6.07) is 0.0724. The molecule has 5 nitrogen and oxygen atoms in total. The van der Waals surface area contributed by atoms with Crippen LogP contribution in [0.3, 0.4) is 0 Å². The van der Waals surface area contributed by atoms with E-state index in [0.717, 1.165) is 0 Å². The summed E-state index contributed by atoms with van der Waals surface area (Å²) >= 11 is 0. The molecule has 0 saturated carbocycles. The highest BCUT2D eigenvalue weighted by Crippen LogP contribution is 2.17. The van der Waals surface area contributed by atoms with E-state index in [9.17, 15) is 9.59 Å². The standard InChI is InChI=1S/C14H26N2O3/c1-10-9-19-11(2)8-16(10)13(18)7-15-12(17)6-14(3,4)5/h10-11H,6-9H2,1-5H3,(H,15,17). The second-order valence-electron chi connectivity index (χ2n) is 6.55. The second kappa shape index (κ2) is 6.37. The van der Waals surface area contributed by atoms with Gasteiger partial charge in [0.05, 0.1) is 25.3 Å². The molecule has 2 unspecified atom stereocenters. The minimum Gasteiger partial charge on any atom is -0.375 e. The lowest BCUT2D eigenvalue weighted by Crippen LogP contribution is -2.53. The minimum absolute atomic E-state index is 0.0371. The van der Waals surface area contributed by atoms with Gasteiger partial charge in [0.2, 0.25) is 11.8 Å². The molecule has 1 saturated heterocycles. The topological polar surface area (TPSA) is 58.6 Å². The summed E-state index contributed by atoms with van der Waals surface area (Å²) < 4.78 is 5.48. The molecular formula is C14H26N2O3. The van der Waals surface area contributed by atoms with Gasteiger partial charge in [-0.15, -0.1) is 0 Å². The molecule has 0 radical (unpaired) electrons. The van der Waals surface area contributed by atoms with Gasteiger partial charge in [0, 0.05) is 13.0 Å². The van der Waals surface area contributed by atoms with Crippen molar-refractivity contribution in [2.75, 3.05) is 19.7 Å². The van der Waals surface area contributed by atoms with Gasteiger partial charge in [0.1, 0.15) is 0 Å². The number of hydrogen-bond acceptors (Lipinski definition) is 3. The van der Waals surface area contributed by atoms with E-state index in [-0.39, 0.29) is 35.9 Å². The van der Waals surface area contributed by atoms with Gasteiger partial charge in [-0.25, -0.2) is 0 Å². The summed E-state index contributed by atoms with van der Waals surface area (Å²) in [6.07, 6.45) is 0.487. The zero-order valence-electron chi connectivity index (χ0n) is 12.7. The van der Waals surface area contributed by atoms with Gasteiger partial charge in [-0.2, -0.15) is 0 Å². The number of nitrogens with zero attached hydrogens (tertiary/aromatic N) is 1. The highest BCUT2D eigenvalue weighted by molar-refractivity contribution is 5.85. The molecule has 0 aromatic rings. The number of carbonyl (C=O) groups is 2. The SMILES string of the molecule is CC1CN(C(=O)CNC(=O)CC(C)(C)C)C(C)CO1. The van der Waals surface area contributed by atoms with E-state index >= 15 is 0 Å². The third-order valence-electron chi connectivity index (χ3n) is 3.06. The van der Waals surface area contributed by atoms with E-state index in [1.54, 1.807) is 4.90 Å². The Hall–Kier alpha value is -1.10. The maximum Gasteiger partial charge on any atom is 0.242 e. The van der Waals surface area contributed by atoms with Crippen LogP contribution in [0, 0.1) is 5.41 Å². The van der Waals surface area contributed by atoms with Crippen molar-refractivity contribution in [2.45, 2.75) is 53.2 Å². The molecule has 110 valence electrons. The monoisotopic (exact) mass is 270 g/mol. The summed E-state index contributed by atoms with van der Waals surface area (Å²) in [7, 11) is 0. The van der Waals surface area contributed by atoms with Crippen LogP contribution in [0.1, 0.15) is 41.0 Å². The van der Waals surface area contributed by atoms with Gasteiger partial charge >= 0.3 is 0 Å². The highest BCUT2D eigenvalue weighted by Gasteiger charge is 2.27. The molecule has 1 fully saturated rings. The molecule has 0 spiro atoms. The van der Waals surface area contributed by atoms with Gasteiger partial charge in [0.25, 0.3) is 0 Å². The summed E-state index contributed by atoms with van der Waals surface area (Å²) in [5, 5.41) is 2.70. The number of ether oxygens (including phenoxy) is 1. The van der Waals surface area contributed by atoms with Crippen LogP contribution in [0.4, 0.5) is 0 Å². The van der Waals surface area contributed by atoms with E-state index in [0.29, 0.717) is 19.6 Å². The highest BCUT2D eigenvalue weighted by atomic mass is 16.5. The maximum absolute atomic E-state index is 12.1. The Morgan fingerprint density at radius 2 is 1.95 bits per heavy atom. The quantitative estimate of drug-likeness (QED) is 0.837. The predicted octanol–water partition coefficient (Wildman–Crippen LogP) is 1.17. The van der Waals surface area contributed by atoms with Crippen molar-refractivity contribution < 1.29 is 14.3 Å². The van der Waals surface area contributed by atoms with Crippen molar-refractivity contribution in [1.82, 2.24) is 10.2 Å². The van der Waals surface area contributed by atoms with E-state index in [2.05, 4.69) is 5.32 Å². The van der Waals surface area contributed by atoms with Crippen LogP contribution in [0.5, 0.6) is 0 Å². The van der Waals surface area contributed by atoms with Crippen molar-refractivity contribution in [3.05, 3.63) is 0 Å². The van der Waals surface area contributed by atoms with Gasteiger partial charge in [0.15, 0.2) is 0 Å². The van der Waals surface area contributed by atoms with Crippen LogP contribution >= 0.6 is 0 Å². The van der Waals surface area contributed by atoms with Crippen LogP contribution in [0.15, 0.2) is 0 Å². The first-order chi connectivity index (χ1) is 8.69. The molecule has 0 aliphatic carbocycles. The fraction of sp³-hybridized carbons (Fsp3) is 0.857. The van der Waals surface area contributed by atoms with Gasteiger partial charge in [-0.1, -0.05) is 20.8 Å². The van der Waals surface area contributed by atoms with Crippen molar-refractivity contribution in [3.63, 3.8) is 0 Å². The Morgan fingerprint density at radius 3 is 2.53 bits per heavy atom. The average molecular weight is 270 g/mol. The van der Waals surface area contributed by atoms with Crippen molar-refractivity contribution in [1.29, 1.82) is 0 Å². The first kappa shape index (κ1) is 16.0. The molecule has 1 rings (SSSR count). The number of hydrogen-bond donors (Lipinski definition) is 1. The van der Waals surface area contributed by atoms with Crippen LogP contribution in [-0.2, 0) is 14.3 Å². The molecule has 2 atom stereocenters. The van der Waals surface area contributed by atoms with Crippen molar-refractivity contribution in [2.24, 2.45) is 5.41 Å². The first-order valence-electron chi connectivity index (χ1n) is 6.87. The van der Waals surface area contributed by atoms with E-state index in [1.165, 1.54) is 0 Å². The normalized spacial score (nSPS) is 24.2. The molecular weight excluding hydrogens is 244 g/mol. The fourth-order valence-electron chi connectivity index (χ4n) is 2.07. The van der Waals surface area contributed by atoms with E-state index < -0.39 is 0 Å². The summed E-state index contributed by atoms with van der Waals surface area (Å²) in [6.45, 7) is 11.1. The molecule has 5 heteroatoms. The fourth-order valence-corrected chi connectivity index (χ4v) is 2.07. The third-order valence-corrected chi connectivity index (χ3v) is 3.06. The number of morpholine rings is 1. The summed E-state index contributed by atoms with van der Waals surface area (Å²) in [4.78, 5) is 25.5. The van der Waals surface area contributed by atoms with Gasteiger partial charge < -0.3 is 15.0 Å². The second-order valence-corrected chi connectivity index (χ2v) is 6.55. The zero-order valence-corrected chi connectivity index (χ0v) is 12.7. The average Bonchev–Trinajstić information content (AvgIpc) is 2.27. The molecule has 1 N–H and O–H groups in total. The molecule has 0 aromatic heterocycles. The molecule has 2 amide bonds. The Bertz CT molecular complexity index is 336. The third kappa shape index (κ3) is 5.59. The molecule has 19 heavy (non-hydrogen) atoms. The Morgan fingerprint density at radius 1 is 1.32 bits per heavy atom. The van der Waals surface area contributed by atoms with Gasteiger partial charge in [-0.3, -0.25) is 9.59 Å². The molecule has 1 aliphatic rings. The number of amides is 2. The van der Waals surface area contributed by atoms with Crippen molar-refractivity contribution in [3.8, 4) is 0 Å². The molecule has 0 bridgehead atoms. The summed E-state index contributed by atoms with van der Waals surface area (Å²) in [5.74, 6) is -0.111. The zero-order chi connectivity index (χ0) is 14.6. The van der Waals surface area contributed by atoms with Crippen LogP contribution in [-0.4, -0.2) is 48.6 Å². The van der Waals surface area contributed by atoms with Gasteiger partial charge in [-0.05, 0) is 19.3 Å². The van der Waals surface area contributed by atoms with E-state index in [4.69, 9.17) is 4.74 Å².